The largest absolute Gasteiger partial charge is 0.446 e. The molecule has 3 rings (SSSR count). The summed E-state index contributed by atoms with van der Waals surface area (Å²) in [5.74, 6) is 0.183. The summed E-state index contributed by atoms with van der Waals surface area (Å²) < 4.78 is 120. The van der Waals surface area contributed by atoms with Crippen LogP contribution in [-0.2, 0) is 18.0 Å². The normalized spacial score (nSPS) is 16.3. The third-order valence-corrected chi connectivity index (χ3v) is 7.99. The Morgan fingerprint density at radius 3 is 2.22 bits per heavy atom. The molecule has 0 saturated carbocycles. The zero-order chi connectivity index (χ0) is 37.3. The van der Waals surface area contributed by atoms with Crippen molar-refractivity contribution >= 4 is 17.7 Å². The molecule has 8 nitrogen and oxygen atoms in total. The van der Waals surface area contributed by atoms with E-state index in [0.717, 1.165) is 12.1 Å². The number of carbonyl (C=O) groups excluding carboxylic acids is 1. The summed E-state index contributed by atoms with van der Waals surface area (Å²) >= 11 is 0. The minimum absolute atomic E-state index is 0.0234. The second kappa shape index (κ2) is 17.2. The van der Waals surface area contributed by atoms with Gasteiger partial charge in [0.15, 0.2) is 0 Å². The summed E-state index contributed by atoms with van der Waals surface area (Å²) in [6.45, 7) is 11.2. The van der Waals surface area contributed by atoms with Crippen molar-refractivity contribution in [3.05, 3.63) is 52.6 Å². The van der Waals surface area contributed by atoms with Gasteiger partial charge in [0.1, 0.15) is 6.10 Å². The fraction of sp³-hybridized carbons (Fsp3) is 0.625. The van der Waals surface area contributed by atoms with Crippen molar-refractivity contribution in [3.8, 4) is 0 Å². The van der Waals surface area contributed by atoms with Crippen molar-refractivity contribution in [3.63, 3.8) is 0 Å². The van der Waals surface area contributed by atoms with Gasteiger partial charge in [-0.3, -0.25) is 4.90 Å². The van der Waals surface area contributed by atoms with Gasteiger partial charge < -0.3 is 9.64 Å². The minimum atomic E-state index is -4.65. The number of nitrogens with zero attached hydrogens (tertiary/aromatic N) is 6. The van der Waals surface area contributed by atoms with E-state index in [9.17, 15) is 44.3 Å². The highest BCUT2D eigenvalue weighted by Crippen LogP contribution is 2.43. The van der Waals surface area contributed by atoms with Gasteiger partial charge in [0.2, 0.25) is 0 Å². The SMILES string of the molecule is C=C(CC)C(F)(F)F.CC/C(=C\CC(F)(F)F)CCN(c1nnn(C)n1)C1CCCN(C(=O)OC(C)CC)c2cc(C(F)(F)F)c(C)cc21. The quantitative estimate of drug-likeness (QED) is 0.180. The summed E-state index contributed by atoms with van der Waals surface area (Å²) in [5.41, 5.74) is -0.477. The molecule has 17 heteroatoms. The summed E-state index contributed by atoms with van der Waals surface area (Å²) in [5, 5.41) is 12.3. The van der Waals surface area contributed by atoms with Crippen molar-refractivity contribution in [2.75, 3.05) is 22.9 Å². The molecule has 0 aliphatic carbocycles. The maximum absolute atomic E-state index is 14.0. The van der Waals surface area contributed by atoms with Crippen LogP contribution in [0.25, 0.3) is 0 Å². The number of allylic oxidation sites excluding steroid dienone is 2. The van der Waals surface area contributed by atoms with Crippen LogP contribution < -0.4 is 9.80 Å². The number of rotatable bonds is 10. The number of halogens is 9. The van der Waals surface area contributed by atoms with Crippen LogP contribution in [0.4, 0.5) is 55.9 Å². The zero-order valence-corrected chi connectivity index (χ0v) is 28.4. The number of carbonyl (C=O) groups is 1. The van der Waals surface area contributed by atoms with Crippen LogP contribution in [0.2, 0.25) is 0 Å². The molecule has 0 spiro atoms. The summed E-state index contributed by atoms with van der Waals surface area (Å²) in [7, 11) is 1.56. The first-order valence-corrected chi connectivity index (χ1v) is 15.8. The van der Waals surface area contributed by atoms with Gasteiger partial charge in [-0.2, -0.15) is 44.3 Å². The average molecular weight is 715 g/mol. The molecule has 1 amide bonds. The van der Waals surface area contributed by atoms with Gasteiger partial charge in [0.05, 0.1) is 30.8 Å². The predicted octanol–water partition coefficient (Wildman–Crippen LogP) is 9.81. The highest BCUT2D eigenvalue weighted by Gasteiger charge is 2.38. The molecule has 2 unspecified atom stereocenters. The molecule has 2 aromatic rings. The molecular formula is C32H43F9N6O2. The van der Waals surface area contributed by atoms with Crippen molar-refractivity contribution < 1.29 is 49.0 Å². The number of ether oxygens (including phenoxy) is 1. The minimum Gasteiger partial charge on any atom is -0.446 e. The van der Waals surface area contributed by atoms with E-state index in [1.54, 1.807) is 25.8 Å². The van der Waals surface area contributed by atoms with E-state index in [-0.39, 0.29) is 43.1 Å². The van der Waals surface area contributed by atoms with Gasteiger partial charge in [-0.1, -0.05) is 50.2 Å². The van der Waals surface area contributed by atoms with Gasteiger partial charge in [0, 0.05) is 18.7 Å². The number of hydrogen-bond acceptors (Lipinski definition) is 6. The molecule has 0 N–H and O–H groups in total. The van der Waals surface area contributed by atoms with Crippen LogP contribution in [0.5, 0.6) is 0 Å². The molecule has 1 aliphatic heterocycles. The van der Waals surface area contributed by atoms with Crippen LogP contribution in [0, 0.1) is 6.92 Å². The van der Waals surface area contributed by atoms with E-state index in [1.165, 1.54) is 29.6 Å². The van der Waals surface area contributed by atoms with Gasteiger partial charge >= 0.3 is 24.6 Å². The Labute approximate surface area is 280 Å². The first kappa shape index (κ1) is 41.4. The maximum Gasteiger partial charge on any atom is 0.416 e. The molecule has 0 bridgehead atoms. The van der Waals surface area contributed by atoms with Crippen LogP contribution in [0.1, 0.15) is 95.4 Å². The molecule has 0 radical (unpaired) electrons. The fourth-order valence-electron chi connectivity index (χ4n) is 5.01. The average Bonchev–Trinajstić information content (AvgIpc) is 3.34. The van der Waals surface area contributed by atoms with E-state index in [1.807, 2.05) is 6.92 Å². The first-order chi connectivity index (χ1) is 22.6. The number of anilines is 2. The topological polar surface area (TPSA) is 76.4 Å². The van der Waals surface area contributed by atoms with Crippen LogP contribution in [-0.4, -0.2) is 57.8 Å². The Morgan fingerprint density at radius 2 is 1.76 bits per heavy atom. The molecule has 1 aliphatic rings. The van der Waals surface area contributed by atoms with E-state index >= 15 is 0 Å². The van der Waals surface area contributed by atoms with Gasteiger partial charge in [0.25, 0.3) is 5.95 Å². The Bertz CT molecular complexity index is 1430. The Balaban J connectivity index is 0.000000924. The summed E-state index contributed by atoms with van der Waals surface area (Å²) in [4.78, 5) is 17.4. The number of fused-ring (bicyclic) bond motifs is 1. The smallest absolute Gasteiger partial charge is 0.416 e. The zero-order valence-electron chi connectivity index (χ0n) is 28.4. The number of aromatic nitrogens is 4. The van der Waals surface area contributed by atoms with Crippen LogP contribution in [0.15, 0.2) is 35.9 Å². The third-order valence-electron chi connectivity index (χ3n) is 7.99. The van der Waals surface area contributed by atoms with E-state index < -0.39 is 54.3 Å². The number of amides is 1. The van der Waals surface area contributed by atoms with Crippen molar-refractivity contribution in [1.82, 2.24) is 20.2 Å². The fourth-order valence-corrected chi connectivity index (χ4v) is 5.01. The highest BCUT2D eigenvalue weighted by atomic mass is 19.4. The standard InChI is InChI=1S/C27H36F6N6O2.C5H7F3/c1-6-18(4)41-25(40)39-13-8-9-22(20-15-17(3)21(16-23(20)39)27(31,32)33)38(24-34-36-37(5)35-24)14-11-19(7-2)10-12-26(28,29)30;1-3-4(2)5(6,7)8/h10,15-16,18,22H,6-9,11-14H2,1-5H3;2-3H2,1H3/b19-10+;. The summed E-state index contributed by atoms with van der Waals surface area (Å²) in [6.07, 6.45) is -12.3. The molecule has 1 aromatic heterocycles. The molecule has 0 saturated heterocycles. The summed E-state index contributed by atoms with van der Waals surface area (Å²) in [6, 6.07) is 1.81. The number of aryl methyl sites for hydroxylation is 2. The highest BCUT2D eigenvalue weighted by molar-refractivity contribution is 5.89. The lowest BCUT2D eigenvalue weighted by Crippen LogP contribution is -2.35. The number of alkyl halides is 9. The van der Waals surface area contributed by atoms with Crippen LogP contribution >= 0.6 is 0 Å². The molecule has 1 aromatic carbocycles. The molecule has 2 atom stereocenters. The Morgan fingerprint density at radius 1 is 1.10 bits per heavy atom. The van der Waals surface area contributed by atoms with Gasteiger partial charge in [-0.05, 0) is 74.8 Å². The van der Waals surface area contributed by atoms with E-state index in [4.69, 9.17) is 4.74 Å². The van der Waals surface area contributed by atoms with Crippen molar-refractivity contribution in [1.29, 1.82) is 0 Å². The second-order valence-electron chi connectivity index (χ2n) is 11.6. The third kappa shape index (κ3) is 12.2. The lowest BCUT2D eigenvalue weighted by atomic mass is 9.94. The second-order valence-corrected chi connectivity index (χ2v) is 11.6. The molecule has 49 heavy (non-hydrogen) atoms. The lowest BCUT2D eigenvalue weighted by molar-refractivity contribution is -0.138. The molecule has 2 heterocycles. The van der Waals surface area contributed by atoms with Crippen molar-refractivity contribution in [2.45, 2.75) is 110 Å². The number of benzene rings is 1. The Kier molecular flexibility index (Phi) is 14.6. The lowest BCUT2D eigenvalue weighted by Gasteiger charge is -2.33. The predicted molar refractivity (Wildman–Crippen MR) is 167 cm³/mol. The monoisotopic (exact) mass is 714 g/mol. The molecule has 0 fully saturated rings. The van der Waals surface area contributed by atoms with Gasteiger partial charge in [-0.15, -0.1) is 5.10 Å². The van der Waals surface area contributed by atoms with E-state index in [2.05, 4.69) is 22.0 Å². The molecular weight excluding hydrogens is 671 g/mol. The first-order valence-electron chi connectivity index (χ1n) is 15.8. The van der Waals surface area contributed by atoms with Gasteiger partial charge in [-0.25, -0.2) is 4.79 Å². The molecule has 276 valence electrons. The van der Waals surface area contributed by atoms with Crippen LogP contribution in [0.3, 0.4) is 0 Å². The maximum atomic E-state index is 14.0. The Hall–Kier alpha value is -3.79. The number of hydrogen-bond donors (Lipinski definition) is 0. The van der Waals surface area contributed by atoms with E-state index in [0.29, 0.717) is 36.8 Å². The number of tetrazole rings is 1. The van der Waals surface area contributed by atoms with Crippen molar-refractivity contribution in [2.24, 2.45) is 7.05 Å².